The van der Waals surface area contributed by atoms with E-state index >= 15 is 0 Å². The van der Waals surface area contributed by atoms with E-state index in [-0.39, 0.29) is 16.5 Å². The SMILES string of the molecule is [2H]c1c([2H])c([2H])c(-c2c3c([2H])c([2H])c([2H])c([2H])c3c(-c3c([2H])c([2H])c4c([2H])c(-c5ccc6c(c5)oc5c(-c7cccc8ccccc78)cccc56)c([2H])c([2H])c4c3[2H])c3c([2H])c([2H])c([2H])c([2H])c23)c([2H])c1[2H]. The van der Waals surface area contributed by atoms with Gasteiger partial charge < -0.3 is 4.42 Å². The molecule has 0 unspecified atom stereocenters. The number of fused-ring (bicyclic) bond motifs is 7. The van der Waals surface area contributed by atoms with Gasteiger partial charge in [0.1, 0.15) is 11.2 Å². The Morgan fingerprint density at radius 3 is 1.70 bits per heavy atom. The first-order valence-electron chi connectivity index (χ1n) is 26.2. The second-order valence-corrected chi connectivity index (χ2v) is 12.5. The monoisotopic (exact) mass is 691 g/mol. The summed E-state index contributed by atoms with van der Waals surface area (Å²) in [6.45, 7) is 0. The van der Waals surface area contributed by atoms with Crippen LogP contribution < -0.4 is 0 Å². The molecule has 246 valence electrons. The molecular formula is C52H32O. The fourth-order valence-electron chi connectivity index (χ4n) is 7.27. The normalized spacial score (nSPS) is 16.8. The molecule has 0 amide bonds. The van der Waals surface area contributed by atoms with E-state index in [9.17, 15) is 13.7 Å². The summed E-state index contributed by atoms with van der Waals surface area (Å²) in [4.78, 5) is 0. The molecule has 53 heavy (non-hydrogen) atoms. The fraction of sp³-hybridized carbons (Fsp3) is 0. The molecule has 11 aromatic rings. The Labute approximate surface area is 333 Å². The van der Waals surface area contributed by atoms with Gasteiger partial charge in [0.2, 0.25) is 0 Å². The zero-order valence-corrected chi connectivity index (χ0v) is 27.4. The van der Waals surface area contributed by atoms with Crippen molar-refractivity contribution in [1.29, 1.82) is 0 Å². The predicted octanol–water partition coefficient (Wildman–Crippen LogP) is 14.9. The van der Waals surface area contributed by atoms with Gasteiger partial charge in [-0.15, -0.1) is 0 Å². The Morgan fingerprint density at radius 2 is 0.943 bits per heavy atom. The van der Waals surface area contributed by atoms with Gasteiger partial charge in [0.05, 0.1) is 26.0 Å². The standard InChI is InChI=1S/C52H32O/c1-2-13-34(14-3-1)50-43-17-6-8-19-45(43)51(46-20-9-7-18-44(46)50)39-27-26-35-30-36(24-25-37(35)31-39)38-28-29-42-48-23-11-22-47(52(48)53-49(42)32-38)41-21-10-15-33-12-4-5-16-40(33)41/h1-32H/i1D,2D,3D,6D,7D,8D,9D,13D,14D,17D,18D,19D,20D,24D,25D,26D,27D,30D,31D. The molecule has 1 heterocycles. The number of para-hydroxylation sites is 1. The summed E-state index contributed by atoms with van der Waals surface area (Å²) < 4.78 is 179. The Kier molecular flexibility index (Phi) is 3.69. The molecule has 0 fully saturated rings. The van der Waals surface area contributed by atoms with Gasteiger partial charge in [0.25, 0.3) is 0 Å². The Hall–Kier alpha value is -6.96. The summed E-state index contributed by atoms with van der Waals surface area (Å²) in [5, 5.41) is 0.399. The van der Waals surface area contributed by atoms with Gasteiger partial charge in [0.15, 0.2) is 0 Å². The Morgan fingerprint density at radius 1 is 0.358 bits per heavy atom. The topological polar surface area (TPSA) is 13.1 Å². The van der Waals surface area contributed by atoms with Crippen LogP contribution in [0.4, 0.5) is 0 Å². The summed E-state index contributed by atoms with van der Waals surface area (Å²) in [6.07, 6.45) is 0. The van der Waals surface area contributed by atoms with Crippen molar-refractivity contribution < 1.29 is 30.5 Å². The van der Waals surface area contributed by atoms with Gasteiger partial charge in [-0.05, 0) is 106 Å². The third kappa shape index (κ3) is 4.71. The minimum Gasteiger partial charge on any atom is -0.455 e. The van der Waals surface area contributed by atoms with Crippen molar-refractivity contribution in [3.8, 4) is 44.5 Å². The molecular weight excluding hydrogens is 641 g/mol. The van der Waals surface area contributed by atoms with E-state index in [4.69, 9.17) is 16.8 Å². The molecule has 0 aliphatic rings. The van der Waals surface area contributed by atoms with Crippen LogP contribution in [0, 0.1) is 0 Å². The van der Waals surface area contributed by atoms with Crippen LogP contribution in [0.2, 0.25) is 0 Å². The van der Waals surface area contributed by atoms with Gasteiger partial charge in [-0.2, -0.15) is 0 Å². The third-order valence-corrected chi connectivity index (χ3v) is 9.62. The highest BCUT2D eigenvalue weighted by Crippen LogP contribution is 2.45. The van der Waals surface area contributed by atoms with Crippen LogP contribution in [0.1, 0.15) is 26.0 Å². The summed E-state index contributed by atoms with van der Waals surface area (Å²) in [5.74, 6) is 0. The second kappa shape index (κ2) is 11.8. The fourth-order valence-corrected chi connectivity index (χ4v) is 7.27. The van der Waals surface area contributed by atoms with Crippen molar-refractivity contribution in [2.45, 2.75) is 0 Å². The van der Waals surface area contributed by atoms with Crippen LogP contribution in [-0.2, 0) is 0 Å². The first kappa shape index (κ1) is 16.6. The number of hydrogen-bond donors (Lipinski definition) is 0. The maximum absolute atomic E-state index is 9.77. The lowest BCUT2D eigenvalue weighted by Crippen LogP contribution is -1.90. The summed E-state index contributed by atoms with van der Waals surface area (Å²) in [7, 11) is 0. The van der Waals surface area contributed by atoms with Gasteiger partial charge >= 0.3 is 0 Å². The maximum atomic E-state index is 9.77. The quantitative estimate of drug-likeness (QED) is 0.167. The van der Waals surface area contributed by atoms with E-state index in [1.807, 2.05) is 60.7 Å². The van der Waals surface area contributed by atoms with Gasteiger partial charge in [-0.25, -0.2) is 0 Å². The van der Waals surface area contributed by atoms with E-state index < -0.39 is 164 Å². The van der Waals surface area contributed by atoms with Crippen LogP contribution in [0.3, 0.4) is 0 Å². The van der Waals surface area contributed by atoms with Gasteiger partial charge in [-0.1, -0.05) is 169 Å². The predicted molar refractivity (Wildman–Crippen MR) is 225 cm³/mol. The highest BCUT2D eigenvalue weighted by Gasteiger charge is 2.18. The van der Waals surface area contributed by atoms with Crippen LogP contribution in [-0.4, -0.2) is 0 Å². The number of hydrogen-bond acceptors (Lipinski definition) is 1. The Bertz CT molecular complexity index is 4220. The van der Waals surface area contributed by atoms with Crippen LogP contribution in [0.5, 0.6) is 0 Å². The zero-order chi connectivity index (χ0) is 51.4. The molecule has 0 saturated heterocycles. The molecule has 1 aromatic heterocycles. The minimum absolute atomic E-state index is 0.119. The summed E-state index contributed by atoms with van der Waals surface area (Å²) in [5.41, 5.74) is 0.467. The van der Waals surface area contributed by atoms with Crippen molar-refractivity contribution in [2.24, 2.45) is 0 Å². The van der Waals surface area contributed by atoms with E-state index in [0.29, 0.717) is 11.2 Å². The minimum atomic E-state index is -0.871. The van der Waals surface area contributed by atoms with Crippen molar-refractivity contribution in [3.63, 3.8) is 0 Å². The van der Waals surface area contributed by atoms with Gasteiger partial charge in [0, 0.05) is 16.3 Å². The number of benzene rings is 10. The maximum Gasteiger partial charge on any atom is 0.143 e. The molecule has 10 aromatic carbocycles. The largest absolute Gasteiger partial charge is 0.455 e. The lowest BCUT2D eigenvalue weighted by molar-refractivity contribution is 0.670. The average Bonchev–Trinajstić information content (AvgIpc) is 3.75. The smallest absolute Gasteiger partial charge is 0.143 e. The first-order valence-corrected chi connectivity index (χ1v) is 16.7. The Balaban J connectivity index is 1.23. The molecule has 0 aliphatic heterocycles. The molecule has 0 atom stereocenters. The van der Waals surface area contributed by atoms with E-state index in [1.165, 1.54) is 0 Å². The van der Waals surface area contributed by atoms with E-state index in [1.54, 1.807) is 18.2 Å². The molecule has 11 rings (SSSR count). The highest BCUT2D eigenvalue weighted by molar-refractivity contribution is 6.22. The molecule has 0 aliphatic carbocycles. The number of furan rings is 1. The molecule has 1 nitrogen and oxygen atoms in total. The molecule has 0 spiro atoms. The van der Waals surface area contributed by atoms with Crippen molar-refractivity contribution in [2.75, 3.05) is 0 Å². The molecule has 0 radical (unpaired) electrons. The molecule has 1 heteroatoms. The van der Waals surface area contributed by atoms with Crippen molar-refractivity contribution >= 4 is 65.0 Å². The second-order valence-electron chi connectivity index (χ2n) is 12.5. The van der Waals surface area contributed by atoms with Crippen molar-refractivity contribution in [1.82, 2.24) is 0 Å². The number of rotatable bonds is 4. The van der Waals surface area contributed by atoms with E-state index in [0.717, 1.165) is 32.7 Å². The van der Waals surface area contributed by atoms with Crippen molar-refractivity contribution in [3.05, 3.63) is 194 Å². The summed E-state index contributed by atoms with van der Waals surface area (Å²) in [6, 6.07) is 9.59. The molecule has 0 bridgehead atoms. The van der Waals surface area contributed by atoms with Gasteiger partial charge in [-0.3, -0.25) is 0 Å². The lowest BCUT2D eigenvalue weighted by atomic mass is 9.85. The zero-order valence-electron chi connectivity index (χ0n) is 46.4. The first-order chi connectivity index (χ1) is 34.2. The van der Waals surface area contributed by atoms with Crippen LogP contribution >= 0.6 is 0 Å². The van der Waals surface area contributed by atoms with Crippen LogP contribution in [0.25, 0.3) is 110 Å². The summed E-state index contributed by atoms with van der Waals surface area (Å²) >= 11 is 0. The molecule has 0 N–H and O–H groups in total. The highest BCUT2D eigenvalue weighted by atomic mass is 16.3. The van der Waals surface area contributed by atoms with Crippen LogP contribution in [0.15, 0.2) is 198 Å². The third-order valence-electron chi connectivity index (χ3n) is 9.62. The lowest BCUT2D eigenvalue weighted by Gasteiger charge is -2.18. The molecule has 0 saturated carbocycles. The van der Waals surface area contributed by atoms with E-state index in [2.05, 4.69) is 0 Å². The average molecular weight is 692 g/mol.